The average Bonchev–Trinajstić information content (AvgIpc) is 3.03. The highest BCUT2D eigenvalue weighted by molar-refractivity contribution is 6.23. The Bertz CT molecular complexity index is 1420. The first-order valence-electron chi connectivity index (χ1n) is 16.2. The molecule has 6 atom stereocenters. The quantitative estimate of drug-likeness (QED) is 0.171. The summed E-state index contributed by atoms with van der Waals surface area (Å²) in [6, 6.07) is 0. The first-order valence-corrected chi connectivity index (χ1v) is 16.2. The summed E-state index contributed by atoms with van der Waals surface area (Å²) in [5.41, 5.74) is 6.44. The van der Waals surface area contributed by atoms with Crippen LogP contribution in [0.25, 0.3) is 0 Å². The number of ketones is 2. The number of carbonyl (C=O) groups excluding carboxylic acids is 5. The summed E-state index contributed by atoms with van der Waals surface area (Å²) in [6.45, 7) is 11.5. The Morgan fingerprint density at radius 3 is 2.38 bits per heavy atom. The predicted octanol–water partition coefficient (Wildman–Crippen LogP) is 3.46. The highest BCUT2D eigenvalue weighted by Gasteiger charge is 2.35. The molecule has 0 saturated carbocycles. The number of nitrogens with zero attached hydrogens (tertiary/aromatic N) is 1. The molecule has 13 nitrogen and oxygen atoms in total. The SMILES string of the molecule is C=CCNC1=C2C[C@@H](C)C[C@@H](OC)[C@H](OC(=O)CCN(C)C)[C@@H](C)/C=C(\C)[C@H](OC(N)=O)[C@H](OC)/C=C\C=C(/C)C(=O)NC(=CC1=O)C2=O.Cl. The first kappa shape index (κ1) is 44.0. The number of methoxy groups -OCH3 is 2. The molecular weight excluding hydrogens is 668 g/mol. The largest absolute Gasteiger partial charge is 0.459 e. The third-order valence-electron chi connectivity index (χ3n) is 8.21. The third-order valence-corrected chi connectivity index (χ3v) is 8.21. The van der Waals surface area contributed by atoms with E-state index in [0.29, 0.717) is 18.5 Å². The normalized spacial score (nSPS) is 28.2. The van der Waals surface area contributed by atoms with Crippen molar-refractivity contribution in [2.45, 2.75) is 71.4 Å². The van der Waals surface area contributed by atoms with E-state index in [9.17, 15) is 24.0 Å². The van der Waals surface area contributed by atoms with E-state index in [4.69, 9.17) is 24.7 Å². The van der Waals surface area contributed by atoms with Crippen LogP contribution in [0.3, 0.4) is 0 Å². The molecule has 1 heterocycles. The molecule has 0 spiro atoms. The number of ether oxygens (including phenoxy) is 4. The van der Waals surface area contributed by atoms with Gasteiger partial charge in [0.1, 0.15) is 12.2 Å². The second kappa shape index (κ2) is 21.2. The van der Waals surface area contributed by atoms with Crippen molar-refractivity contribution in [1.29, 1.82) is 0 Å². The summed E-state index contributed by atoms with van der Waals surface area (Å²) >= 11 is 0. The minimum atomic E-state index is -1.02. The zero-order valence-electron chi connectivity index (χ0n) is 30.3. The van der Waals surface area contributed by atoms with E-state index >= 15 is 0 Å². The zero-order chi connectivity index (χ0) is 36.8. The Morgan fingerprint density at radius 1 is 1.12 bits per heavy atom. The molecule has 0 radical (unpaired) electrons. The van der Waals surface area contributed by atoms with Gasteiger partial charge in [-0.05, 0) is 52.3 Å². The van der Waals surface area contributed by atoms with Crippen molar-refractivity contribution in [1.82, 2.24) is 15.5 Å². The number of nitrogens with one attached hydrogen (secondary N) is 2. The second-order valence-corrected chi connectivity index (χ2v) is 12.6. The fourth-order valence-electron chi connectivity index (χ4n) is 5.65. The van der Waals surface area contributed by atoms with E-state index in [1.165, 1.54) is 20.3 Å². The maximum atomic E-state index is 13.8. The molecular formula is C36H53ClN4O9. The molecule has 0 aromatic rings. The minimum Gasteiger partial charge on any atom is -0.459 e. The van der Waals surface area contributed by atoms with Crippen LogP contribution in [0, 0.1) is 11.8 Å². The van der Waals surface area contributed by atoms with Crippen molar-refractivity contribution in [2.24, 2.45) is 17.6 Å². The second-order valence-electron chi connectivity index (χ2n) is 12.6. The average molecular weight is 721 g/mol. The topological polar surface area (TPSA) is 176 Å². The lowest BCUT2D eigenvalue weighted by atomic mass is 9.85. The van der Waals surface area contributed by atoms with Gasteiger partial charge in [0.15, 0.2) is 6.10 Å². The number of hydrogen-bond acceptors (Lipinski definition) is 11. The van der Waals surface area contributed by atoms with Gasteiger partial charge in [-0.15, -0.1) is 19.0 Å². The Balaban J connectivity index is 0.0000125. The van der Waals surface area contributed by atoms with Gasteiger partial charge in [0.2, 0.25) is 11.6 Å². The molecule has 0 fully saturated rings. The van der Waals surface area contributed by atoms with E-state index < -0.39 is 59.9 Å². The van der Waals surface area contributed by atoms with Gasteiger partial charge in [0, 0.05) is 50.4 Å². The van der Waals surface area contributed by atoms with Gasteiger partial charge in [0.25, 0.3) is 5.91 Å². The first-order chi connectivity index (χ1) is 23.1. The maximum absolute atomic E-state index is 13.8. The summed E-state index contributed by atoms with van der Waals surface area (Å²) in [4.78, 5) is 67.1. The number of primary amides is 1. The summed E-state index contributed by atoms with van der Waals surface area (Å²) in [7, 11) is 6.65. The molecule has 0 unspecified atom stereocenters. The highest BCUT2D eigenvalue weighted by atomic mass is 35.5. The van der Waals surface area contributed by atoms with Crippen molar-refractivity contribution < 1.29 is 42.9 Å². The van der Waals surface area contributed by atoms with E-state index in [1.54, 1.807) is 32.1 Å². The third kappa shape index (κ3) is 13.0. The van der Waals surface area contributed by atoms with Gasteiger partial charge in [-0.2, -0.15) is 0 Å². The van der Waals surface area contributed by atoms with Crippen LogP contribution >= 0.6 is 12.4 Å². The number of esters is 1. The molecule has 0 aromatic carbocycles. The molecule has 0 saturated heterocycles. The number of Topliss-reactive ketones (excluding diaryl/α,β-unsaturated/α-hetero) is 1. The van der Waals surface area contributed by atoms with Crippen molar-refractivity contribution in [3.8, 4) is 0 Å². The highest BCUT2D eigenvalue weighted by Crippen LogP contribution is 2.30. The number of fused-ring (bicyclic) bond motifs is 2. The van der Waals surface area contributed by atoms with Crippen LogP contribution in [0.4, 0.5) is 4.79 Å². The molecule has 278 valence electrons. The molecule has 50 heavy (non-hydrogen) atoms. The Labute approximate surface area is 301 Å². The number of amides is 2. The molecule has 0 aromatic heterocycles. The van der Waals surface area contributed by atoms with Crippen LogP contribution < -0.4 is 16.4 Å². The van der Waals surface area contributed by atoms with Crippen LogP contribution in [-0.2, 0) is 38.1 Å². The predicted molar refractivity (Wildman–Crippen MR) is 192 cm³/mol. The van der Waals surface area contributed by atoms with Gasteiger partial charge in [-0.1, -0.05) is 44.2 Å². The van der Waals surface area contributed by atoms with Gasteiger partial charge in [0.05, 0.1) is 23.9 Å². The number of carbonyl (C=O) groups is 5. The molecule has 14 heteroatoms. The molecule has 2 rings (SSSR count). The summed E-state index contributed by atoms with van der Waals surface area (Å²) in [6.07, 6.45) is 5.52. The van der Waals surface area contributed by atoms with Crippen molar-refractivity contribution in [3.63, 3.8) is 0 Å². The number of hydrogen-bond donors (Lipinski definition) is 3. The fraction of sp³-hybridized carbons (Fsp3) is 0.528. The monoisotopic (exact) mass is 720 g/mol. The maximum Gasteiger partial charge on any atom is 0.405 e. The van der Waals surface area contributed by atoms with E-state index in [2.05, 4.69) is 17.2 Å². The minimum absolute atomic E-state index is 0. The summed E-state index contributed by atoms with van der Waals surface area (Å²) in [5.74, 6) is -2.68. The Kier molecular flexibility index (Phi) is 18.7. The van der Waals surface area contributed by atoms with Crippen LogP contribution in [-0.4, -0.2) is 100 Å². The number of halogens is 1. The zero-order valence-corrected chi connectivity index (χ0v) is 31.1. The molecule has 1 aliphatic carbocycles. The van der Waals surface area contributed by atoms with Gasteiger partial charge < -0.3 is 40.2 Å². The van der Waals surface area contributed by atoms with Crippen molar-refractivity contribution >= 4 is 41.9 Å². The molecule has 1 aliphatic heterocycles. The Hall–Kier alpha value is -4.04. The number of allylic oxidation sites excluding steroid dienone is 4. The number of rotatable bonds is 10. The van der Waals surface area contributed by atoms with Gasteiger partial charge in [-0.3, -0.25) is 19.2 Å². The molecule has 2 aliphatic rings. The smallest absolute Gasteiger partial charge is 0.405 e. The standard InChI is InChI=1S/C36H52N4O9.ClH/c1-10-15-38-31-25-17-21(2)18-29(47-9)34(48-30(42)14-16-40(6)7)24(5)19-23(4)33(49-36(37)45)28(46-8)13-11-12-22(3)35(44)39-26(32(25)43)20-27(31)41;/h10-13,19-21,24,28-29,33-34,38H,1,14-18H2,2-9H3,(H2,37,45)(H,39,44);1H/b13-11-,22-12+,23-19+;/t21-,24+,28-,29-,33+,34-;/m1./s1. The van der Waals surface area contributed by atoms with Crippen molar-refractivity contribution in [3.05, 3.63) is 71.1 Å². The van der Waals surface area contributed by atoms with E-state index in [-0.39, 0.29) is 60.3 Å². The van der Waals surface area contributed by atoms with Crippen LogP contribution in [0.1, 0.15) is 47.0 Å². The molecule has 2 bridgehead atoms. The van der Waals surface area contributed by atoms with E-state index in [0.717, 1.165) is 6.08 Å². The van der Waals surface area contributed by atoms with Gasteiger partial charge in [-0.25, -0.2) is 4.79 Å². The molecule has 2 amide bonds. The Morgan fingerprint density at radius 2 is 1.80 bits per heavy atom. The lowest BCUT2D eigenvalue weighted by Gasteiger charge is -2.33. The van der Waals surface area contributed by atoms with Crippen LogP contribution in [0.15, 0.2) is 71.1 Å². The molecule has 4 N–H and O–H groups in total. The lowest BCUT2D eigenvalue weighted by Crippen LogP contribution is -2.40. The fourth-order valence-corrected chi connectivity index (χ4v) is 5.65. The van der Waals surface area contributed by atoms with Crippen LogP contribution in [0.5, 0.6) is 0 Å². The van der Waals surface area contributed by atoms with Crippen molar-refractivity contribution in [2.75, 3.05) is 41.4 Å². The summed E-state index contributed by atoms with van der Waals surface area (Å²) < 4.78 is 23.1. The number of nitrogens with two attached hydrogens (primary N) is 1. The van der Waals surface area contributed by atoms with Gasteiger partial charge >= 0.3 is 12.1 Å². The summed E-state index contributed by atoms with van der Waals surface area (Å²) in [5, 5.41) is 5.57. The lowest BCUT2D eigenvalue weighted by molar-refractivity contribution is -0.160. The van der Waals surface area contributed by atoms with Crippen LogP contribution in [0.2, 0.25) is 0 Å². The van der Waals surface area contributed by atoms with E-state index in [1.807, 2.05) is 38.9 Å².